The Morgan fingerprint density at radius 3 is 2.73 bits per heavy atom. The summed E-state index contributed by atoms with van der Waals surface area (Å²) >= 11 is 0. The van der Waals surface area contributed by atoms with Gasteiger partial charge in [-0.15, -0.1) is 0 Å². The van der Waals surface area contributed by atoms with Crippen molar-refractivity contribution in [2.75, 3.05) is 24.5 Å². The lowest BCUT2D eigenvalue weighted by Crippen LogP contribution is -2.49. The van der Waals surface area contributed by atoms with Gasteiger partial charge < -0.3 is 10.2 Å². The van der Waals surface area contributed by atoms with Gasteiger partial charge >= 0.3 is 0 Å². The molecule has 5 nitrogen and oxygen atoms in total. The van der Waals surface area contributed by atoms with Crippen LogP contribution in [-0.4, -0.2) is 38.4 Å². The van der Waals surface area contributed by atoms with Crippen molar-refractivity contribution in [3.05, 3.63) is 59.4 Å². The van der Waals surface area contributed by atoms with Crippen LogP contribution in [0.4, 0.5) is 10.1 Å². The van der Waals surface area contributed by atoms with E-state index in [0.29, 0.717) is 19.1 Å². The molecule has 0 amide bonds. The zero-order valence-corrected chi connectivity index (χ0v) is 15.5. The molecule has 7 heteroatoms. The molecule has 1 atom stereocenters. The minimum absolute atomic E-state index is 0.00245. The summed E-state index contributed by atoms with van der Waals surface area (Å²) in [4.78, 5) is 2.32. The summed E-state index contributed by atoms with van der Waals surface area (Å²) in [6.45, 7) is 5.50. The number of sulfonamides is 1. The van der Waals surface area contributed by atoms with Crippen LogP contribution in [0.2, 0.25) is 0 Å². The summed E-state index contributed by atoms with van der Waals surface area (Å²) in [6.07, 6.45) is 0. The molecule has 2 aliphatic rings. The average Bonchev–Trinajstić information content (AvgIpc) is 3.07. The Balaban J connectivity index is 1.64. The highest BCUT2D eigenvalue weighted by molar-refractivity contribution is 7.89. The van der Waals surface area contributed by atoms with Crippen molar-refractivity contribution in [2.45, 2.75) is 31.0 Å². The lowest BCUT2D eigenvalue weighted by atomic mass is 10.1. The van der Waals surface area contributed by atoms with Crippen LogP contribution in [0.5, 0.6) is 0 Å². The molecular weight excluding hydrogens is 353 g/mol. The number of nitrogens with zero attached hydrogens (tertiary/aromatic N) is 2. The highest BCUT2D eigenvalue weighted by Gasteiger charge is 2.33. The highest BCUT2D eigenvalue weighted by atomic mass is 32.2. The summed E-state index contributed by atoms with van der Waals surface area (Å²) in [7, 11) is -3.72. The molecule has 0 radical (unpaired) electrons. The van der Waals surface area contributed by atoms with E-state index in [1.165, 1.54) is 22.5 Å². The third-order valence-electron chi connectivity index (χ3n) is 5.07. The zero-order chi connectivity index (χ0) is 18.3. The molecule has 0 spiro atoms. The van der Waals surface area contributed by atoms with E-state index in [0.717, 1.165) is 42.5 Å². The van der Waals surface area contributed by atoms with Gasteiger partial charge in [0.05, 0.1) is 4.90 Å². The predicted octanol–water partition coefficient (Wildman–Crippen LogP) is 2.33. The first-order valence-electron chi connectivity index (χ1n) is 8.80. The topological polar surface area (TPSA) is 52.7 Å². The van der Waals surface area contributed by atoms with E-state index >= 15 is 0 Å². The Kier molecular flexibility index (Phi) is 4.46. The number of benzene rings is 2. The first-order chi connectivity index (χ1) is 12.4. The molecule has 4 rings (SSSR count). The lowest BCUT2D eigenvalue weighted by molar-refractivity contribution is 0.430. The van der Waals surface area contributed by atoms with Gasteiger partial charge in [-0.1, -0.05) is 18.2 Å². The third-order valence-corrected chi connectivity index (χ3v) is 6.86. The van der Waals surface area contributed by atoms with Crippen LogP contribution in [0.1, 0.15) is 18.1 Å². The standard InChI is InChI=1S/C19H22FN3O2S/c1-14-11-22(9-8-21-14)19-7-2-4-15-12-23(13-18(15)19)26(24,25)17-6-3-5-16(20)10-17/h2-7,10,14,21H,8-9,11-13H2,1H3/t14-/m0/s1. The molecule has 1 N–H and O–H groups in total. The molecule has 2 aromatic rings. The highest BCUT2D eigenvalue weighted by Crippen LogP contribution is 2.35. The van der Waals surface area contributed by atoms with Gasteiger partial charge in [-0.2, -0.15) is 4.31 Å². The molecule has 2 aromatic carbocycles. The first kappa shape index (κ1) is 17.5. The predicted molar refractivity (Wildman–Crippen MR) is 99.0 cm³/mol. The molecule has 0 bridgehead atoms. The van der Waals surface area contributed by atoms with Crippen molar-refractivity contribution in [3.8, 4) is 0 Å². The van der Waals surface area contributed by atoms with Gasteiger partial charge in [0, 0.05) is 44.5 Å². The number of anilines is 1. The molecule has 0 aromatic heterocycles. The van der Waals surface area contributed by atoms with Gasteiger partial charge in [0.1, 0.15) is 5.82 Å². The molecule has 1 saturated heterocycles. The van der Waals surface area contributed by atoms with E-state index in [1.807, 2.05) is 12.1 Å². The van der Waals surface area contributed by atoms with Crippen LogP contribution < -0.4 is 10.2 Å². The summed E-state index contributed by atoms with van der Waals surface area (Å²) in [5.41, 5.74) is 3.18. The molecule has 0 aliphatic carbocycles. The fourth-order valence-corrected chi connectivity index (χ4v) is 5.19. The Bertz CT molecular complexity index is 932. The average molecular weight is 375 g/mol. The minimum Gasteiger partial charge on any atom is -0.368 e. The van der Waals surface area contributed by atoms with Gasteiger partial charge in [0.2, 0.25) is 10.0 Å². The number of rotatable bonds is 3. The van der Waals surface area contributed by atoms with Crippen LogP contribution in [0, 0.1) is 5.82 Å². The molecule has 26 heavy (non-hydrogen) atoms. The van der Waals surface area contributed by atoms with Crippen molar-refractivity contribution in [3.63, 3.8) is 0 Å². The van der Waals surface area contributed by atoms with E-state index < -0.39 is 15.8 Å². The van der Waals surface area contributed by atoms with Gasteiger partial charge in [0.15, 0.2) is 0 Å². The number of halogens is 1. The Hall–Kier alpha value is -1.96. The zero-order valence-electron chi connectivity index (χ0n) is 14.7. The summed E-state index contributed by atoms with van der Waals surface area (Å²) in [6, 6.07) is 11.6. The number of nitrogens with one attached hydrogen (secondary N) is 1. The number of hydrogen-bond acceptors (Lipinski definition) is 4. The molecule has 2 heterocycles. The van der Waals surface area contributed by atoms with Crippen LogP contribution >= 0.6 is 0 Å². The van der Waals surface area contributed by atoms with E-state index in [9.17, 15) is 12.8 Å². The summed E-state index contributed by atoms with van der Waals surface area (Å²) in [5.74, 6) is -0.543. The van der Waals surface area contributed by atoms with Crippen LogP contribution in [-0.2, 0) is 23.1 Å². The molecular formula is C19H22FN3O2S. The molecule has 1 fully saturated rings. The largest absolute Gasteiger partial charge is 0.368 e. The summed E-state index contributed by atoms with van der Waals surface area (Å²) in [5, 5.41) is 3.43. The Morgan fingerprint density at radius 1 is 1.15 bits per heavy atom. The Morgan fingerprint density at radius 2 is 1.96 bits per heavy atom. The molecule has 2 aliphatic heterocycles. The van der Waals surface area contributed by atoms with Crippen LogP contribution in [0.3, 0.4) is 0 Å². The van der Waals surface area contributed by atoms with Gasteiger partial charge in [-0.3, -0.25) is 0 Å². The van der Waals surface area contributed by atoms with Crippen LogP contribution in [0.25, 0.3) is 0 Å². The number of piperazine rings is 1. The maximum atomic E-state index is 13.5. The van der Waals surface area contributed by atoms with Gasteiger partial charge in [-0.25, -0.2) is 12.8 Å². The van der Waals surface area contributed by atoms with Gasteiger partial charge in [0.25, 0.3) is 0 Å². The molecule has 0 unspecified atom stereocenters. The minimum atomic E-state index is -3.72. The second kappa shape index (κ2) is 6.64. The van der Waals surface area contributed by atoms with Crippen molar-refractivity contribution in [1.29, 1.82) is 0 Å². The first-order valence-corrected chi connectivity index (χ1v) is 10.2. The number of fused-ring (bicyclic) bond motifs is 1. The quantitative estimate of drug-likeness (QED) is 0.895. The monoisotopic (exact) mass is 375 g/mol. The van der Waals surface area contributed by atoms with Crippen LogP contribution in [0.15, 0.2) is 47.4 Å². The normalized spacial score (nSPS) is 21.0. The smallest absolute Gasteiger partial charge is 0.243 e. The Labute approximate surface area is 153 Å². The maximum Gasteiger partial charge on any atom is 0.243 e. The van der Waals surface area contributed by atoms with Gasteiger partial charge in [-0.05, 0) is 42.3 Å². The van der Waals surface area contributed by atoms with E-state index in [-0.39, 0.29) is 4.90 Å². The second-order valence-electron chi connectivity index (χ2n) is 6.95. The second-order valence-corrected chi connectivity index (χ2v) is 8.88. The van der Waals surface area contributed by atoms with E-state index in [1.54, 1.807) is 0 Å². The van der Waals surface area contributed by atoms with Crippen molar-refractivity contribution < 1.29 is 12.8 Å². The molecule has 138 valence electrons. The fourth-order valence-electron chi connectivity index (χ4n) is 3.77. The molecule has 0 saturated carbocycles. The SMILES string of the molecule is C[C@H]1CN(c2cccc3c2CN(S(=O)(=O)c2cccc(F)c2)C3)CCN1. The maximum absolute atomic E-state index is 13.5. The van der Waals surface area contributed by atoms with Crippen molar-refractivity contribution in [2.24, 2.45) is 0 Å². The number of hydrogen-bond donors (Lipinski definition) is 1. The van der Waals surface area contributed by atoms with Crippen molar-refractivity contribution >= 4 is 15.7 Å². The summed E-state index contributed by atoms with van der Waals surface area (Å²) < 4.78 is 40.8. The van der Waals surface area contributed by atoms with Crippen molar-refractivity contribution in [1.82, 2.24) is 9.62 Å². The third kappa shape index (κ3) is 3.11. The van der Waals surface area contributed by atoms with E-state index in [4.69, 9.17) is 0 Å². The lowest BCUT2D eigenvalue weighted by Gasteiger charge is -2.34. The fraction of sp³-hybridized carbons (Fsp3) is 0.368. The van der Waals surface area contributed by atoms with E-state index in [2.05, 4.69) is 23.2 Å².